The minimum Gasteiger partial charge on any atom is -0.497 e. The van der Waals surface area contributed by atoms with Gasteiger partial charge in [0.1, 0.15) is 17.2 Å². The average Bonchev–Trinajstić information content (AvgIpc) is 2.75. The Kier molecular flexibility index (Phi) is 7.32. The van der Waals surface area contributed by atoms with Crippen LogP contribution in [-0.2, 0) is 11.3 Å². The van der Waals surface area contributed by atoms with Crippen molar-refractivity contribution >= 4 is 11.6 Å². The molecule has 0 unspecified atom stereocenters. The van der Waals surface area contributed by atoms with Gasteiger partial charge >= 0.3 is 0 Å². The van der Waals surface area contributed by atoms with Gasteiger partial charge in [0.05, 0.1) is 27.9 Å². The van der Waals surface area contributed by atoms with E-state index in [0.29, 0.717) is 6.54 Å². The van der Waals surface area contributed by atoms with Gasteiger partial charge in [-0.15, -0.1) is 0 Å². The normalized spacial score (nSPS) is 15.0. The Bertz CT molecular complexity index is 802. The number of piperazine rings is 1. The summed E-state index contributed by atoms with van der Waals surface area (Å²) in [4.78, 5) is 16.9. The van der Waals surface area contributed by atoms with Gasteiger partial charge < -0.3 is 19.5 Å². The molecule has 7 nitrogen and oxygen atoms in total. The number of methoxy groups -OCH3 is 3. The van der Waals surface area contributed by atoms with Gasteiger partial charge in [0.25, 0.3) is 0 Å². The SMILES string of the molecule is COc1ccc(NC(=O)CN2CCN(Cc3cc(OC)ccc3OC)CC2)cc1. The summed E-state index contributed by atoms with van der Waals surface area (Å²) in [6, 6.07) is 13.2. The molecule has 1 aliphatic rings. The molecule has 156 valence electrons. The zero-order valence-corrected chi connectivity index (χ0v) is 17.3. The minimum absolute atomic E-state index is 0.00178. The first kappa shape index (κ1) is 21.0. The molecule has 1 aliphatic heterocycles. The lowest BCUT2D eigenvalue weighted by atomic mass is 10.1. The van der Waals surface area contributed by atoms with E-state index in [9.17, 15) is 4.79 Å². The van der Waals surface area contributed by atoms with Crippen LogP contribution in [0.4, 0.5) is 5.69 Å². The molecule has 0 saturated carbocycles. The van der Waals surface area contributed by atoms with Crippen LogP contribution in [0.1, 0.15) is 5.56 Å². The van der Waals surface area contributed by atoms with Gasteiger partial charge in [-0.2, -0.15) is 0 Å². The van der Waals surface area contributed by atoms with E-state index in [1.54, 1.807) is 21.3 Å². The summed E-state index contributed by atoms with van der Waals surface area (Å²) in [6.45, 7) is 4.69. The predicted molar refractivity (Wildman–Crippen MR) is 113 cm³/mol. The zero-order valence-electron chi connectivity index (χ0n) is 17.3. The molecule has 29 heavy (non-hydrogen) atoms. The van der Waals surface area contributed by atoms with Gasteiger partial charge in [-0.05, 0) is 42.5 Å². The van der Waals surface area contributed by atoms with Gasteiger partial charge in [-0.3, -0.25) is 14.6 Å². The van der Waals surface area contributed by atoms with Gasteiger partial charge in [0.15, 0.2) is 0 Å². The maximum atomic E-state index is 12.3. The lowest BCUT2D eigenvalue weighted by Gasteiger charge is -2.34. The third-order valence-corrected chi connectivity index (χ3v) is 5.09. The monoisotopic (exact) mass is 399 g/mol. The Morgan fingerprint density at radius 1 is 0.862 bits per heavy atom. The van der Waals surface area contributed by atoms with Gasteiger partial charge in [0, 0.05) is 44.0 Å². The molecule has 7 heteroatoms. The summed E-state index contributed by atoms with van der Waals surface area (Å²) >= 11 is 0. The van der Waals surface area contributed by atoms with Gasteiger partial charge in [-0.1, -0.05) is 0 Å². The minimum atomic E-state index is -0.00178. The number of carbonyl (C=O) groups is 1. The lowest BCUT2D eigenvalue weighted by Crippen LogP contribution is -2.48. The quantitative estimate of drug-likeness (QED) is 0.736. The number of hydrogen-bond acceptors (Lipinski definition) is 6. The number of amides is 1. The van der Waals surface area contributed by atoms with Crippen molar-refractivity contribution in [2.75, 3.05) is 59.4 Å². The summed E-state index contributed by atoms with van der Waals surface area (Å²) in [5, 5.41) is 2.94. The highest BCUT2D eigenvalue weighted by Gasteiger charge is 2.20. The third-order valence-electron chi connectivity index (χ3n) is 5.09. The van der Waals surface area contributed by atoms with Crippen molar-refractivity contribution < 1.29 is 19.0 Å². The van der Waals surface area contributed by atoms with Crippen LogP contribution in [0.5, 0.6) is 17.2 Å². The molecule has 2 aromatic carbocycles. The fourth-order valence-corrected chi connectivity index (χ4v) is 3.43. The van der Waals surface area contributed by atoms with Crippen LogP contribution in [-0.4, -0.2) is 69.8 Å². The van der Waals surface area contributed by atoms with Gasteiger partial charge in [0.2, 0.25) is 5.91 Å². The van der Waals surface area contributed by atoms with Crippen LogP contribution in [0.15, 0.2) is 42.5 Å². The highest BCUT2D eigenvalue weighted by molar-refractivity contribution is 5.92. The lowest BCUT2D eigenvalue weighted by molar-refractivity contribution is -0.117. The van der Waals surface area contributed by atoms with Crippen LogP contribution in [0.2, 0.25) is 0 Å². The Balaban J connectivity index is 1.47. The second-order valence-corrected chi connectivity index (χ2v) is 7.01. The number of benzene rings is 2. The molecule has 0 bridgehead atoms. The highest BCUT2D eigenvalue weighted by atomic mass is 16.5. The van der Waals surface area contributed by atoms with Crippen LogP contribution in [0.3, 0.4) is 0 Å². The van der Waals surface area contributed by atoms with E-state index in [2.05, 4.69) is 15.1 Å². The topological polar surface area (TPSA) is 63.3 Å². The van der Waals surface area contributed by atoms with Crippen LogP contribution in [0, 0.1) is 0 Å². The first-order valence-corrected chi connectivity index (χ1v) is 9.71. The summed E-state index contributed by atoms with van der Waals surface area (Å²) in [7, 11) is 4.98. The van der Waals surface area contributed by atoms with Crippen molar-refractivity contribution in [2.45, 2.75) is 6.54 Å². The number of carbonyl (C=O) groups excluding carboxylic acids is 1. The molecule has 0 aromatic heterocycles. The summed E-state index contributed by atoms with van der Waals surface area (Å²) < 4.78 is 15.9. The van der Waals surface area contributed by atoms with E-state index in [0.717, 1.165) is 61.2 Å². The molecule has 1 saturated heterocycles. The maximum Gasteiger partial charge on any atom is 0.238 e. The Hall–Kier alpha value is -2.77. The molecular weight excluding hydrogens is 370 g/mol. The van der Waals surface area contributed by atoms with Crippen molar-refractivity contribution in [3.8, 4) is 17.2 Å². The fourth-order valence-electron chi connectivity index (χ4n) is 3.43. The van der Waals surface area contributed by atoms with E-state index >= 15 is 0 Å². The largest absolute Gasteiger partial charge is 0.497 e. The Morgan fingerprint density at radius 2 is 1.48 bits per heavy atom. The Labute approximate surface area is 172 Å². The molecule has 0 radical (unpaired) electrons. The first-order valence-electron chi connectivity index (χ1n) is 9.71. The van der Waals surface area contributed by atoms with E-state index < -0.39 is 0 Å². The first-order chi connectivity index (χ1) is 14.1. The highest BCUT2D eigenvalue weighted by Crippen LogP contribution is 2.25. The molecule has 1 amide bonds. The van der Waals surface area contributed by atoms with Crippen LogP contribution in [0.25, 0.3) is 0 Å². The average molecular weight is 399 g/mol. The standard InChI is InChI=1S/C22H29N3O4/c1-27-19-6-4-18(5-7-19)23-22(26)16-25-12-10-24(11-13-25)15-17-14-20(28-2)8-9-21(17)29-3/h4-9,14H,10-13,15-16H2,1-3H3,(H,23,26). The molecule has 1 N–H and O–H groups in total. The molecule has 2 aromatic rings. The Morgan fingerprint density at radius 3 is 2.10 bits per heavy atom. The maximum absolute atomic E-state index is 12.3. The number of nitrogens with one attached hydrogen (secondary N) is 1. The zero-order chi connectivity index (χ0) is 20.6. The van der Waals surface area contributed by atoms with Gasteiger partial charge in [-0.25, -0.2) is 0 Å². The van der Waals surface area contributed by atoms with Crippen molar-refractivity contribution in [2.24, 2.45) is 0 Å². The van der Waals surface area contributed by atoms with Crippen LogP contribution >= 0.6 is 0 Å². The molecular formula is C22H29N3O4. The van der Waals surface area contributed by atoms with Crippen molar-refractivity contribution in [3.05, 3.63) is 48.0 Å². The summed E-state index contributed by atoms with van der Waals surface area (Å²) in [6.07, 6.45) is 0. The number of rotatable bonds is 8. The number of hydrogen-bond donors (Lipinski definition) is 1. The van der Waals surface area contributed by atoms with Crippen molar-refractivity contribution in [1.82, 2.24) is 9.80 Å². The fraction of sp³-hybridized carbons (Fsp3) is 0.409. The summed E-state index contributed by atoms with van der Waals surface area (Å²) in [5.74, 6) is 2.46. The van der Waals surface area contributed by atoms with Crippen molar-refractivity contribution in [1.29, 1.82) is 0 Å². The molecule has 1 heterocycles. The number of ether oxygens (including phenoxy) is 3. The molecule has 1 fully saturated rings. The third kappa shape index (κ3) is 5.85. The van der Waals surface area contributed by atoms with E-state index in [1.165, 1.54) is 0 Å². The molecule has 0 spiro atoms. The predicted octanol–water partition coefficient (Wildman–Crippen LogP) is 2.47. The number of nitrogens with zero attached hydrogens (tertiary/aromatic N) is 2. The number of anilines is 1. The van der Waals surface area contributed by atoms with E-state index in [-0.39, 0.29) is 5.91 Å². The molecule has 0 atom stereocenters. The smallest absolute Gasteiger partial charge is 0.238 e. The second-order valence-electron chi connectivity index (χ2n) is 7.01. The summed E-state index contributed by atoms with van der Waals surface area (Å²) in [5.41, 5.74) is 1.89. The van der Waals surface area contributed by atoms with E-state index in [1.807, 2.05) is 42.5 Å². The molecule has 3 rings (SSSR count). The van der Waals surface area contributed by atoms with E-state index in [4.69, 9.17) is 14.2 Å². The van der Waals surface area contributed by atoms with Crippen LogP contribution < -0.4 is 19.5 Å². The van der Waals surface area contributed by atoms with Crippen molar-refractivity contribution in [3.63, 3.8) is 0 Å². The second kappa shape index (κ2) is 10.1. The molecule has 0 aliphatic carbocycles.